The van der Waals surface area contributed by atoms with Crippen molar-refractivity contribution in [1.82, 2.24) is 10.6 Å². The molecule has 0 aromatic heterocycles. The summed E-state index contributed by atoms with van der Waals surface area (Å²) in [7, 11) is 0. The van der Waals surface area contributed by atoms with Gasteiger partial charge in [-0.25, -0.2) is 0 Å². The van der Waals surface area contributed by atoms with Gasteiger partial charge >= 0.3 is 0 Å². The van der Waals surface area contributed by atoms with Crippen LogP contribution >= 0.6 is 0 Å². The van der Waals surface area contributed by atoms with Crippen LogP contribution in [0.3, 0.4) is 0 Å². The average molecular weight is 276 g/mol. The summed E-state index contributed by atoms with van der Waals surface area (Å²) in [5, 5.41) is 15.5. The van der Waals surface area contributed by atoms with Crippen molar-refractivity contribution < 1.29 is 9.90 Å². The molecule has 1 aromatic carbocycles. The van der Waals surface area contributed by atoms with Crippen LogP contribution in [0.15, 0.2) is 30.3 Å². The van der Waals surface area contributed by atoms with Gasteiger partial charge in [-0.3, -0.25) is 4.79 Å². The molecule has 20 heavy (non-hydrogen) atoms. The second kappa shape index (κ2) is 8.02. The predicted molar refractivity (Wildman–Crippen MR) is 79.4 cm³/mol. The fourth-order valence-corrected chi connectivity index (χ4v) is 2.71. The van der Waals surface area contributed by atoms with Gasteiger partial charge in [0.15, 0.2) is 0 Å². The molecule has 3 N–H and O–H groups in total. The molecule has 1 aliphatic carbocycles. The molecule has 0 unspecified atom stereocenters. The van der Waals surface area contributed by atoms with E-state index in [1.165, 1.54) is 25.7 Å². The zero-order chi connectivity index (χ0) is 14.2. The Hall–Kier alpha value is -1.39. The van der Waals surface area contributed by atoms with E-state index in [-0.39, 0.29) is 18.6 Å². The molecule has 1 fully saturated rings. The molecular weight excluding hydrogens is 252 g/mol. The lowest BCUT2D eigenvalue weighted by Crippen LogP contribution is -2.45. The Morgan fingerprint density at radius 2 is 1.95 bits per heavy atom. The maximum absolute atomic E-state index is 11.9. The fourth-order valence-electron chi connectivity index (χ4n) is 2.71. The molecule has 0 saturated heterocycles. The van der Waals surface area contributed by atoms with Crippen LogP contribution in [0.5, 0.6) is 0 Å². The number of benzene rings is 1. The first-order valence-corrected chi connectivity index (χ1v) is 7.45. The highest BCUT2D eigenvalue weighted by Gasteiger charge is 2.16. The van der Waals surface area contributed by atoms with E-state index in [0.717, 1.165) is 5.56 Å². The van der Waals surface area contributed by atoms with E-state index in [2.05, 4.69) is 10.6 Å². The van der Waals surface area contributed by atoms with E-state index >= 15 is 0 Å². The minimum atomic E-state index is -0.213. The van der Waals surface area contributed by atoms with Crippen LogP contribution in [0.2, 0.25) is 0 Å². The molecule has 4 heteroatoms. The van der Waals surface area contributed by atoms with Crippen molar-refractivity contribution in [2.45, 2.75) is 44.2 Å². The number of hydrogen-bond donors (Lipinski definition) is 3. The molecule has 0 bridgehead atoms. The van der Waals surface area contributed by atoms with E-state index in [4.69, 9.17) is 0 Å². The van der Waals surface area contributed by atoms with Crippen LogP contribution in [0.25, 0.3) is 0 Å². The van der Waals surface area contributed by atoms with Gasteiger partial charge in [-0.05, 0) is 24.8 Å². The maximum atomic E-state index is 11.9. The molecule has 110 valence electrons. The van der Waals surface area contributed by atoms with E-state index in [9.17, 15) is 9.90 Å². The Bertz CT molecular complexity index is 402. The summed E-state index contributed by atoms with van der Waals surface area (Å²) in [5.41, 5.74) is 1.12. The molecule has 0 spiro atoms. The number of hydrogen-bond acceptors (Lipinski definition) is 3. The van der Waals surface area contributed by atoms with Crippen molar-refractivity contribution in [3.8, 4) is 0 Å². The monoisotopic (exact) mass is 276 g/mol. The lowest BCUT2D eigenvalue weighted by atomic mass is 10.1. The standard InChI is InChI=1S/C16H24N2O2/c19-12-15(10-13-6-2-1-3-7-13)18-16(20)11-17-14-8-4-5-9-14/h1-3,6-7,14-15,17,19H,4-5,8-12H2,(H,18,20)/t15-/m0/s1. The lowest BCUT2D eigenvalue weighted by molar-refractivity contribution is -0.121. The highest BCUT2D eigenvalue weighted by molar-refractivity contribution is 5.78. The van der Waals surface area contributed by atoms with Crippen LogP contribution in [0.4, 0.5) is 0 Å². The zero-order valence-electron chi connectivity index (χ0n) is 11.8. The SMILES string of the molecule is O=C(CNC1CCCC1)N[C@H](CO)Cc1ccccc1. The number of aliphatic hydroxyl groups is 1. The summed E-state index contributed by atoms with van der Waals surface area (Å²) in [5.74, 6) is -0.0353. The molecular formula is C16H24N2O2. The first kappa shape index (κ1) is 15.0. The Morgan fingerprint density at radius 1 is 1.25 bits per heavy atom. The largest absolute Gasteiger partial charge is 0.394 e. The summed E-state index contributed by atoms with van der Waals surface area (Å²) in [6, 6.07) is 10.2. The number of aliphatic hydroxyl groups excluding tert-OH is 1. The average Bonchev–Trinajstić information content (AvgIpc) is 2.99. The Kier molecular flexibility index (Phi) is 6.02. The van der Waals surface area contributed by atoms with E-state index in [1.807, 2.05) is 30.3 Å². The molecule has 1 amide bonds. The lowest BCUT2D eigenvalue weighted by Gasteiger charge is -2.18. The molecule has 0 heterocycles. The van der Waals surface area contributed by atoms with Gasteiger partial charge in [0, 0.05) is 6.04 Å². The van der Waals surface area contributed by atoms with E-state index < -0.39 is 0 Å². The summed E-state index contributed by atoms with van der Waals surface area (Å²) in [6.45, 7) is 0.306. The predicted octanol–water partition coefficient (Wildman–Crippen LogP) is 1.24. The van der Waals surface area contributed by atoms with E-state index in [1.54, 1.807) is 0 Å². The number of nitrogens with one attached hydrogen (secondary N) is 2. The van der Waals surface area contributed by atoms with Crippen molar-refractivity contribution in [2.24, 2.45) is 0 Å². The van der Waals surface area contributed by atoms with Gasteiger partial charge in [0.25, 0.3) is 0 Å². The first-order valence-electron chi connectivity index (χ1n) is 7.45. The third-order valence-corrected chi connectivity index (χ3v) is 3.82. The first-order chi connectivity index (χ1) is 9.78. The van der Waals surface area contributed by atoms with Crippen molar-refractivity contribution in [2.75, 3.05) is 13.2 Å². The molecule has 0 radical (unpaired) electrons. The van der Waals surface area contributed by atoms with Crippen molar-refractivity contribution >= 4 is 5.91 Å². The molecule has 1 aliphatic rings. The smallest absolute Gasteiger partial charge is 0.234 e. The molecule has 1 saturated carbocycles. The Morgan fingerprint density at radius 3 is 2.60 bits per heavy atom. The molecule has 0 aliphatic heterocycles. The van der Waals surface area contributed by atoms with Crippen LogP contribution in [-0.2, 0) is 11.2 Å². The van der Waals surface area contributed by atoms with Gasteiger partial charge in [-0.15, -0.1) is 0 Å². The van der Waals surface area contributed by atoms with Gasteiger partial charge in [0.2, 0.25) is 5.91 Å². The Balaban J connectivity index is 1.72. The van der Waals surface area contributed by atoms with Crippen molar-refractivity contribution in [3.63, 3.8) is 0 Å². The molecule has 1 atom stereocenters. The number of carbonyl (C=O) groups is 1. The van der Waals surface area contributed by atoms with Crippen LogP contribution in [0, 0.1) is 0 Å². The highest BCUT2D eigenvalue weighted by atomic mass is 16.3. The molecule has 2 rings (SSSR count). The third-order valence-electron chi connectivity index (χ3n) is 3.82. The van der Waals surface area contributed by atoms with E-state index in [0.29, 0.717) is 19.0 Å². The topological polar surface area (TPSA) is 61.4 Å². The van der Waals surface area contributed by atoms with Crippen molar-refractivity contribution in [1.29, 1.82) is 0 Å². The summed E-state index contributed by atoms with van der Waals surface area (Å²) < 4.78 is 0. The zero-order valence-corrected chi connectivity index (χ0v) is 11.8. The number of rotatable bonds is 7. The van der Waals surface area contributed by atoms with Crippen molar-refractivity contribution in [3.05, 3.63) is 35.9 Å². The number of carbonyl (C=O) groups excluding carboxylic acids is 1. The van der Waals surface area contributed by atoms with Gasteiger partial charge < -0.3 is 15.7 Å². The summed E-state index contributed by atoms with van der Waals surface area (Å²) >= 11 is 0. The highest BCUT2D eigenvalue weighted by Crippen LogP contribution is 2.17. The van der Waals surface area contributed by atoms with Crippen LogP contribution in [-0.4, -0.2) is 36.2 Å². The minimum Gasteiger partial charge on any atom is -0.394 e. The normalized spacial score (nSPS) is 17.1. The fraction of sp³-hybridized carbons (Fsp3) is 0.562. The minimum absolute atomic E-state index is 0.0353. The quantitative estimate of drug-likeness (QED) is 0.702. The maximum Gasteiger partial charge on any atom is 0.234 e. The van der Waals surface area contributed by atoms with Gasteiger partial charge in [0.1, 0.15) is 0 Å². The Labute approximate surface area is 120 Å². The second-order valence-electron chi connectivity index (χ2n) is 5.50. The van der Waals surface area contributed by atoms with Gasteiger partial charge in [0.05, 0.1) is 19.2 Å². The van der Waals surface area contributed by atoms with Gasteiger partial charge in [-0.2, -0.15) is 0 Å². The second-order valence-corrected chi connectivity index (χ2v) is 5.50. The van der Waals surface area contributed by atoms with Crippen LogP contribution in [0.1, 0.15) is 31.2 Å². The molecule has 1 aromatic rings. The third kappa shape index (κ3) is 4.94. The van der Waals surface area contributed by atoms with Gasteiger partial charge in [-0.1, -0.05) is 43.2 Å². The summed E-state index contributed by atoms with van der Waals surface area (Å²) in [6.07, 6.45) is 5.51. The molecule has 4 nitrogen and oxygen atoms in total. The number of amides is 1. The van der Waals surface area contributed by atoms with Crippen LogP contribution < -0.4 is 10.6 Å². The summed E-state index contributed by atoms with van der Waals surface area (Å²) in [4.78, 5) is 11.9.